The van der Waals surface area contributed by atoms with Gasteiger partial charge in [0.1, 0.15) is 0 Å². The molecule has 0 saturated heterocycles. The Labute approximate surface area is 109 Å². The second kappa shape index (κ2) is 4.55. The summed E-state index contributed by atoms with van der Waals surface area (Å²) in [5.41, 5.74) is 7.07. The zero-order valence-electron chi connectivity index (χ0n) is 10.9. The van der Waals surface area contributed by atoms with Crippen LogP contribution >= 0.6 is 0 Å². The van der Waals surface area contributed by atoms with E-state index in [4.69, 9.17) is 10.8 Å². The third-order valence-electron chi connectivity index (χ3n) is 3.28. The van der Waals surface area contributed by atoms with E-state index in [1.807, 2.05) is 0 Å². The van der Waals surface area contributed by atoms with Crippen LogP contribution in [-0.2, 0) is 4.79 Å². The first-order chi connectivity index (χ1) is 8.79. The molecule has 1 aromatic heterocycles. The summed E-state index contributed by atoms with van der Waals surface area (Å²) in [4.78, 5) is 27.6. The van der Waals surface area contributed by atoms with E-state index in [-0.39, 0.29) is 5.69 Å². The molecule has 102 valence electrons. The number of nitrogens with one attached hydrogen (secondary N) is 2. The van der Waals surface area contributed by atoms with Crippen molar-refractivity contribution in [3.05, 3.63) is 34.2 Å². The Morgan fingerprint density at radius 3 is 2.63 bits per heavy atom. The molecule has 6 nitrogen and oxygen atoms in total. The second-order valence-electron chi connectivity index (χ2n) is 5.38. The molecule has 5 N–H and O–H groups in total. The van der Waals surface area contributed by atoms with E-state index in [1.165, 1.54) is 0 Å². The Hall–Kier alpha value is -2.08. The molecule has 6 heteroatoms. The molecule has 1 atom stereocenters. The van der Waals surface area contributed by atoms with Gasteiger partial charge in [-0.1, -0.05) is 6.07 Å². The van der Waals surface area contributed by atoms with Crippen molar-refractivity contribution in [1.82, 2.24) is 9.97 Å². The fourth-order valence-corrected chi connectivity index (χ4v) is 2.04. The molecular weight excluding hydrogens is 246 g/mol. The third kappa shape index (κ3) is 2.68. The molecule has 0 amide bonds. The van der Waals surface area contributed by atoms with Gasteiger partial charge >= 0.3 is 11.7 Å². The number of aromatic amines is 2. The molecular formula is C13H17N3O3. The van der Waals surface area contributed by atoms with E-state index in [2.05, 4.69) is 9.97 Å². The van der Waals surface area contributed by atoms with Crippen molar-refractivity contribution in [3.8, 4) is 0 Å². The molecule has 19 heavy (non-hydrogen) atoms. The van der Waals surface area contributed by atoms with E-state index >= 15 is 0 Å². The number of carboxylic acids is 1. The van der Waals surface area contributed by atoms with Gasteiger partial charge in [-0.2, -0.15) is 0 Å². The average molecular weight is 263 g/mol. The van der Waals surface area contributed by atoms with Gasteiger partial charge in [0.05, 0.1) is 16.4 Å². The Bertz CT molecular complexity index is 669. The summed E-state index contributed by atoms with van der Waals surface area (Å²) in [7, 11) is 0. The maximum absolute atomic E-state index is 11.2. The Kier molecular flexibility index (Phi) is 3.20. The van der Waals surface area contributed by atoms with E-state index in [0.29, 0.717) is 17.5 Å². The van der Waals surface area contributed by atoms with E-state index in [1.54, 1.807) is 32.0 Å². The van der Waals surface area contributed by atoms with Gasteiger partial charge in [0.25, 0.3) is 0 Å². The molecule has 0 radical (unpaired) electrons. The molecule has 0 saturated carbocycles. The number of carbonyl (C=O) groups is 1. The number of hydrogen-bond donors (Lipinski definition) is 4. The predicted octanol–water partition coefficient (Wildman–Crippen LogP) is 1.36. The van der Waals surface area contributed by atoms with Gasteiger partial charge in [0.15, 0.2) is 0 Å². The van der Waals surface area contributed by atoms with Gasteiger partial charge in [-0.3, -0.25) is 4.79 Å². The lowest BCUT2D eigenvalue weighted by Gasteiger charge is -2.23. The molecule has 1 heterocycles. The summed E-state index contributed by atoms with van der Waals surface area (Å²) < 4.78 is 0. The van der Waals surface area contributed by atoms with Crippen LogP contribution in [0.2, 0.25) is 0 Å². The number of aliphatic carboxylic acids is 1. The number of carboxylic acid groups (broad SMARTS) is 1. The molecule has 0 fully saturated rings. The second-order valence-corrected chi connectivity index (χ2v) is 5.38. The van der Waals surface area contributed by atoms with Crippen molar-refractivity contribution >= 4 is 17.0 Å². The number of rotatable bonds is 4. The molecule has 1 unspecified atom stereocenters. The lowest BCUT2D eigenvalue weighted by molar-refractivity contribution is -0.147. The molecule has 2 aromatic rings. The fourth-order valence-electron chi connectivity index (χ4n) is 2.04. The van der Waals surface area contributed by atoms with Gasteiger partial charge in [0, 0.05) is 6.04 Å². The molecule has 0 aliphatic rings. The minimum Gasteiger partial charge on any atom is -0.481 e. The van der Waals surface area contributed by atoms with Crippen molar-refractivity contribution in [1.29, 1.82) is 0 Å². The normalized spacial score (nSPS) is 13.6. The summed E-state index contributed by atoms with van der Waals surface area (Å²) >= 11 is 0. The quantitative estimate of drug-likeness (QED) is 0.667. The van der Waals surface area contributed by atoms with Gasteiger partial charge in [-0.05, 0) is 38.0 Å². The average Bonchev–Trinajstić information content (AvgIpc) is 2.66. The zero-order valence-corrected chi connectivity index (χ0v) is 10.9. The highest BCUT2D eigenvalue weighted by molar-refractivity contribution is 5.75. The van der Waals surface area contributed by atoms with Crippen molar-refractivity contribution < 1.29 is 9.90 Å². The maximum atomic E-state index is 11.2. The van der Waals surface area contributed by atoms with Crippen molar-refractivity contribution in [2.45, 2.75) is 26.3 Å². The molecule has 0 aliphatic carbocycles. The summed E-state index contributed by atoms with van der Waals surface area (Å²) in [5.74, 6) is -0.876. The number of H-pyrrole nitrogens is 2. The highest BCUT2D eigenvalue weighted by atomic mass is 16.4. The predicted molar refractivity (Wildman–Crippen MR) is 71.9 cm³/mol. The first-order valence-corrected chi connectivity index (χ1v) is 6.00. The number of benzene rings is 1. The first kappa shape index (κ1) is 13.4. The Morgan fingerprint density at radius 1 is 1.37 bits per heavy atom. The van der Waals surface area contributed by atoms with Gasteiger partial charge in [-0.15, -0.1) is 0 Å². The zero-order chi connectivity index (χ0) is 14.2. The van der Waals surface area contributed by atoms with Crippen LogP contribution in [0.5, 0.6) is 0 Å². The summed E-state index contributed by atoms with van der Waals surface area (Å²) in [6.07, 6.45) is 0.322. The van der Waals surface area contributed by atoms with E-state index in [0.717, 1.165) is 5.56 Å². The number of aromatic nitrogens is 2. The van der Waals surface area contributed by atoms with Crippen molar-refractivity contribution in [2.24, 2.45) is 11.1 Å². The SMILES string of the molecule is CC(C)(CC(N)c1ccc2[nH]c(=O)[nH]c2c1)C(=O)O. The summed E-state index contributed by atoms with van der Waals surface area (Å²) in [6.45, 7) is 3.29. The minimum absolute atomic E-state index is 0.272. The summed E-state index contributed by atoms with van der Waals surface area (Å²) in [6, 6.07) is 4.94. The maximum Gasteiger partial charge on any atom is 0.323 e. The number of fused-ring (bicyclic) bond motifs is 1. The lowest BCUT2D eigenvalue weighted by atomic mass is 9.84. The van der Waals surface area contributed by atoms with Crippen LogP contribution < -0.4 is 11.4 Å². The number of nitrogens with two attached hydrogens (primary N) is 1. The van der Waals surface area contributed by atoms with Crippen LogP contribution in [0.1, 0.15) is 31.9 Å². The van der Waals surface area contributed by atoms with E-state index in [9.17, 15) is 9.59 Å². The topological polar surface area (TPSA) is 112 Å². The lowest BCUT2D eigenvalue weighted by Crippen LogP contribution is -2.28. The smallest absolute Gasteiger partial charge is 0.323 e. The molecule has 2 rings (SSSR count). The highest BCUT2D eigenvalue weighted by Gasteiger charge is 2.30. The van der Waals surface area contributed by atoms with E-state index < -0.39 is 17.4 Å². The molecule has 0 bridgehead atoms. The van der Waals surface area contributed by atoms with Crippen LogP contribution in [0, 0.1) is 5.41 Å². The molecule has 0 aliphatic heterocycles. The van der Waals surface area contributed by atoms with Gasteiger partial charge < -0.3 is 20.8 Å². The number of hydrogen-bond acceptors (Lipinski definition) is 3. The standard InChI is InChI=1S/C13H17N3O3/c1-13(2,11(17)18)6-8(14)7-3-4-9-10(5-7)16-12(19)15-9/h3-5,8H,6,14H2,1-2H3,(H,17,18)(H2,15,16,19). The Balaban J connectivity index is 2.28. The van der Waals surface area contributed by atoms with Gasteiger partial charge in [-0.25, -0.2) is 4.79 Å². The van der Waals surface area contributed by atoms with Crippen LogP contribution in [0.3, 0.4) is 0 Å². The summed E-state index contributed by atoms with van der Waals surface area (Å²) in [5, 5.41) is 9.10. The highest BCUT2D eigenvalue weighted by Crippen LogP contribution is 2.29. The largest absolute Gasteiger partial charge is 0.481 e. The Morgan fingerprint density at radius 2 is 2.00 bits per heavy atom. The third-order valence-corrected chi connectivity index (χ3v) is 3.28. The van der Waals surface area contributed by atoms with Crippen molar-refractivity contribution in [2.75, 3.05) is 0 Å². The molecule has 1 aromatic carbocycles. The van der Waals surface area contributed by atoms with Crippen LogP contribution in [-0.4, -0.2) is 21.0 Å². The van der Waals surface area contributed by atoms with Crippen LogP contribution in [0.15, 0.2) is 23.0 Å². The minimum atomic E-state index is -0.889. The fraction of sp³-hybridized carbons (Fsp3) is 0.385. The molecule has 0 spiro atoms. The van der Waals surface area contributed by atoms with Gasteiger partial charge in [0.2, 0.25) is 0 Å². The van der Waals surface area contributed by atoms with Crippen molar-refractivity contribution in [3.63, 3.8) is 0 Å². The number of imidazole rings is 1. The monoisotopic (exact) mass is 263 g/mol. The van der Waals surface area contributed by atoms with Crippen LogP contribution in [0.25, 0.3) is 11.0 Å². The first-order valence-electron chi connectivity index (χ1n) is 6.00. The van der Waals surface area contributed by atoms with Crippen LogP contribution in [0.4, 0.5) is 0 Å².